The van der Waals surface area contributed by atoms with Crippen molar-refractivity contribution in [2.75, 3.05) is 0 Å². The fraction of sp³-hybridized carbons (Fsp3) is 0.429. The Kier molecular flexibility index (Phi) is 4.69. The molecule has 5 N–H and O–H groups in total. The highest BCUT2D eigenvalue weighted by Crippen LogP contribution is 2.12. The average Bonchev–Trinajstić information content (AvgIpc) is 2.01. The van der Waals surface area contributed by atoms with Gasteiger partial charge in [0.2, 0.25) is 12.0 Å². The van der Waals surface area contributed by atoms with E-state index >= 15 is 0 Å². The summed E-state index contributed by atoms with van der Waals surface area (Å²) in [6.45, 7) is 1.62. The lowest BCUT2D eigenvalue weighted by Gasteiger charge is -2.27. The lowest BCUT2D eigenvalue weighted by molar-refractivity contribution is -0.121. The fourth-order valence-corrected chi connectivity index (χ4v) is 0.998. The molecule has 0 aromatic carbocycles. The first-order valence-corrected chi connectivity index (χ1v) is 3.88. The third-order valence-corrected chi connectivity index (χ3v) is 1.47. The van der Waals surface area contributed by atoms with Crippen LogP contribution < -0.4 is 16.4 Å². The van der Waals surface area contributed by atoms with Gasteiger partial charge in [-0.3, -0.25) is 4.79 Å². The Morgan fingerprint density at radius 3 is 2.80 bits per heavy atom. The maximum absolute atomic E-state index is 10.9. The van der Waals surface area contributed by atoms with Crippen molar-refractivity contribution in [3.8, 4) is 0 Å². The van der Waals surface area contributed by atoms with Crippen LogP contribution in [0.3, 0.4) is 0 Å². The van der Waals surface area contributed by atoms with E-state index in [1.807, 2.05) is 0 Å². The third-order valence-electron chi connectivity index (χ3n) is 1.47. The summed E-state index contributed by atoms with van der Waals surface area (Å²) in [4.78, 5) is 33.6. The number of nitrogens with one attached hydrogen (secondary N) is 3. The highest BCUT2D eigenvalue weighted by Gasteiger charge is 2.29. The Morgan fingerprint density at radius 1 is 1.87 bits per heavy atom. The summed E-state index contributed by atoms with van der Waals surface area (Å²) in [5, 5.41) is 10.2. The van der Waals surface area contributed by atoms with E-state index in [0.717, 1.165) is 6.08 Å². The third kappa shape index (κ3) is 5.17. The lowest BCUT2D eigenvalue weighted by atomic mass is 10.1. The van der Waals surface area contributed by atoms with Crippen LogP contribution in [0.15, 0.2) is 4.99 Å². The molecule has 0 aromatic heterocycles. The Bertz CT molecular complexity index is 321. The zero-order chi connectivity index (χ0) is 11.9. The van der Waals surface area contributed by atoms with E-state index in [1.54, 1.807) is 6.92 Å². The molecule has 1 aliphatic heterocycles. The van der Waals surface area contributed by atoms with Crippen molar-refractivity contribution >= 4 is 24.4 Å². The van der Waals surface area contributed by atoms with Crippen LogP contribution in [0.2, 0.25) is 0 Å². The van der Waals surface area contributed by atoms with Crippen LogP contribution in [0.5, 0.6) is 0 Å². The maximum Gasteiger partial charge on any atom is 0.314 e. The standard InChI is InChI=1S/C6H10N4O2.CHNO/c1-6(10-5(7)12)2-4(11)8-3-9-6;2-1-3/h3H,2H2,1H3,(H3,7,10,12)(H,8,9,11);2H. The van der Waals surface area contributed by atoms with Gasteiger partial charge in [-0.15, -0.1) is 0 Å². The largest absolute Gasteiger partial charge is 0.352 e. The molecular weight excluding hydrogens is 202 g/mol. The molecule has 0 spiro atoms. The van der Waals surface area contributed by atoms with E-state index in [1.165, 1.54) is 6.34 Å². The number of amides is 3. The number of primary amides is 1. The highest BCUT2D eigenvalue weighted by molar-refractivity contribution is 5.91. The fourth-order valence-electron chi connectivity index (χ4n) is 0.998. The van der Waals surface area contributed by atoms with Gasteiger partial charge in [0.25, 0.3) is 0 Å². The summed E-state index contributed by atoms with van der Waals surface area (Å²) in [7, 11) is 0. The Hall–Kier alpha value is -2.21. The number of isocyanates is 1. The van der Waals surface area contributed by atoms with Crippen molar-refractivity contribution in [3.05, 3.63) is 0 Å². The second-order valence-electron chi connectivity index (χ2n) is 2.87. The van der Waals surface area contributed by atoms with E-state index in [4.69, 9.17) is 15.9 Å². The monoisotopic (exact) mass is 213 g/mol. The smallest absolute Gasteiger partial charge is 0.314 e. The van der Waals surface area contributed by atoms with Crippen LogP contribution in [0.4, 0.5) is 4.79 Å². The number of nitrogens with two attached hydrogens (primary N) is 1. The number of nitrogens with zero attached hydrogens (tertiary/aromatic N) is 1. The SMILES string of the molecule is CC1(NC(N)=O)CC(=O)NC=N1.N=C=O. The minimum absolute atomic E-state index is 0.104. The number of carbonyl (C=O) groups excluding carboxylic acids is 3. The Morgan fingerprint density at radius 2 is 2.40 bits per heavy atom. The molecule has 0 bridgehead atoms. The first kappa shape index (κ1) is 12.8. The van der Waals surface area contributed by atoms with E-state index in [-0.39, 0.29) is 12.3 Å². The molecule has 1 atom stereocenters. The van der Waals surface area contributed by atoms with Gasteiger partial charge in [0.15, 0.2) is 0 Å². The predicted octanol–water partition coefficient (Wildman–Crippen LogP) is -1.18. The lowest BCUT2D eigenvalue weighted by Crippen LogP contribution is -2.52. The van der Waals surface area contributed by atoms with Crippen molar-refractivity contribution < 1.29 is 14.4 Å². The van der Waals surface area contributed by atoms with Crippen molar-refractivity contribution in [1.29, 1.82) is 5.41 Å². The van der Waals surface area contributed by atoms with Gasteiger partial charge < -0.3 is 16.4 Å². The van der Waals surface area contributed by atoms with Gasteiger partial charge in [0.05, 0.1) is 12.8 Å². The maximum atomic E-state index is 10.9. The number of hydrogen-bond donors (Lipinski definition) is 4. The zero-order valence-corrected chi connectivity index (χ0v) is 8.03. The molecule has 8 nitrogen and oxygen atoms in total. The van der Waals surface area contributed by atoms with Gasteiger partial charge in [0, 0.05) is 0 Å². The van der Waals surface area contributed by atoms with Gasteiger partial charge in [-0.2, -0.15) is 0 Å². The molecule has 0 aromatic rings. The van der Waals surface area contributed by atoms with Crippen LogP contribution in [-0.4, -0.2) is 30.0 Å². The van der Waals surface area contributed by atoms with Crippen LogP contribution in [0.25, 0.3) is 0 Å². The molecule has 3 amide bonds. The number of carbonyl (C=O) groups is 2. The quantitative estimate of drug-likeness (QED) is 0.322. The number of rotatable bonds is 1. The molecule has 1 unspecified atom stereocenters. The molecule has 1 rings (SSSR count). The molecule has 1 heterocycles. The van der Waals surface area contributed by atoms with Gasteiger partial charge in [-0.05, 0) is 6.92 Å². The molecule has 0 radical (unpaired) electrons. The topological polar surface area (TPSA) is 138 Å². The molecule has 82 valence electrons. The van der Waals surface area contributed by atoms with Gasteiger partial charge >= 0.3 is 6.03 Å². The summed E-state index contributed by atoms with van der Waals surface area (Å²) < 4.78 is 0. The molecule has 0 aliphatic carbocycles. The minimum atomic E-state index is -0.895. The highest BCUT2D eigenvalue weighted by atomic mass is 16.2. The van der Waals surface area contributed by atoms with Crippen molar-refractivity contribution in [2.24, 2.45) is 10.7 Å². The summed E-state index contributed by atoms with van der Waals surface area (Å²) in [5.41, 5.74) is 4.00. The summed E-state index contributed by atoms with van der Waals surface area (Å²) >= 11 is 0. The normalized spacial score (nSPS) is 22.9. The van der Waals surface area contributed by atoms with Gasteiger partial charge in [0.1, 0.15) is 5.66 Å². The zero-order valence-electron chi connectivity index (χ0n) is 8.03. The summed E-state index contributed by atoms with van der Waals surface area (Å²) in [6, 6.07) is -0.690. The number of aliphatic imine (C=N–C) groups is 1. The first-order valence-electron chi connectivity index (χ1n) is 3.88. The molecule has 8 heteroatoms. The molecule has 0 saturated heterocycles. The second kappa shape index (κ2) is 5.51. The van der Waals surface area contributed by atoms with E-state index in [9.17, 15) is 9.59 Å². The number of hydrogen-bond acceptors (Lipinski definition) is 5. The predicted molar refractivity (Wildman–Crippen MR) is 50.8 cm³/mol. The van der Waals surface area contributed by atoms with E-state index in [0.29, 0.717) is 0 Å². The first-order chi connectivity index (χ1) is 6.93. The molecule has 0 saturated carbocycles. The van der Waals surface area contributed by atoms with Crippen LogP contribution >= 0.6 is 0 Å². The Labute approximate surface area is 85.4 Å². The van der Waals surface area contributed by atoms with E-state index in [2.05, 4.69) is 15.6 Å². The van der Waals surface area contributed by atoms with Crippen molar-refractivity contribution in [1.82, 2.24) is 10.6 Å². The van der Waals surface area contributed by atoms with Crippen molar-refractivity contribution in [2.45, 2.75) is 19.0 Å². The van der Waals surface area contributed by atoms with Gasteiger partial charge in [-0.25, -0.2) is 20.0 Å². The van der Waals surface area contributed by atoms with Gasteiger partial charge in [-0.1, -0.05) is 0 Å². The average molecular weight is 213 g/mol. The Balaban J connectivity index is 0.000000583. The van der Waals surface area contributed by atoms with Crippen LogP contribution in [-0.2, 0) is 9.59 Å². The second-order valence-corrected chi connectivity index (χ2v) is 2.87. The summed E-state index contributed by atoms with van der Waals surface area (Å²) in [6.07, 6.45) is 2.11. The minimum Gasteiger partial charge on any atom is -0.352 e. The number of urea groups is 1. The molecule has 15 heavy (non-hydrogen) atoms. The van der Waals surface area contributed by atoms with Crippen LogP contribution in [0, 0.1) is 5.41 Å². The summed E-state index contributed by atoms with van der Waals surface area (Å²) in [5.74, 6) is -0.193. The molecule has 0 fully saturated rings. The van der Waals surface area contributed by atoms with Crippen LogP contribution in [0.1, 0.15) is 13.3 Å². The van der Waals surface area contributed by atoms with Crippen molar-refractivity contribution in [3.63, 3.8) is 0 Å². The molecule has 1 aliphatic rings. The molecular formula is C7H11N5O3. The van der Waals surface area contributed by atoms with E-state index < -0.39 is 11.7 Å².